The minimum atomic E-state index is 0.466. The lowest BCUT2D eigenvalue weighted by Gasteiger charge is -2.21. The summed E-state index contributed by atoms with van der Waals surface area (Å²) in [6, 6.07) is 2.34. The van der Waals surface area contributed by atoms with Gasteiger partial charge in [-0.1, -0.05) is 6.92 Å². The molecule has 0 radical (unpaired) electrons. The van der Waals surface area contributed by atoms with Gasteiger partial charge in [-0.25, -0.2) is 0 Å². The average molecular weight is 249 g/mol. The fourth-order valence-electron chi connectivity index (χ4n) is 2.57. The average Bonchev–Trinajstić information content (AvgIpc) is 2.85. The topological polar surface area (TPSA) is 60.2 Å². The molecule has 2 rings (SSSR count). The molecule has 4 nitrogen and oxygen atoms in total. The zero-order chi connectivity index (χ0) is 12.8. The highest BCUT2D eigenvalue weighted by Gasteiger charge is 2.21. The Hall–Kier alpha value is -1.13. The molecule has 100 valence electrons. The van der Waals surface area contributed by atoms with Gasteiger partial charge >= 0.3 is 0 Å². The van der Waals surface area contributed by atoms with Crippen LogP contribution in [0.5, 0.6) is 0 Å². The number of nitrogens with two attached hydrogens (primary N) is 1. The first-order chi connectivity index (χ1) is 8.79. The Bertz CT molecular complexity index is 364. The van der Waals surface area contributed by atoms with Crippen LogP contribution in [0.4, 0.5) is 5.69 Å². The molecule has 18 heavy (non-hydrogen) atoms. The third-order valence-electron chi connectivity index (χ3n) is 3.54. The first kappa shape index (κ1) is 13.3. The molecule has 3 N–H and O–H groups in total. The second kappa shape index (κ2) is 6.71. The molecule has 2 unspecified atom stereocenters. The van der Waals surface area contributed by atoms with Gasteiger partial charge in [-0.15, -0.1) is 0 Å². The van der Waals surface area contributed by atoms with E-state index in [9.17, 15) is 0 Å². The lowest BCUT2D eigenvalue weighted by Crippen LogP contribution is -2.33. The highest BCUT2D eigenvalue weighted by atomic mass is 16.5. The van der Waals surface area contributed by atoms with Crippen molar-refractivity contribution in [3.05, 3.63) is 24.0 Å². The van der Waals surface area contributed by atoms with E-state index in [-0.39, 0.29) is 0 Å². The number of hydrogen-bond donors (Lipinski definition) is 2. The van der Waals surface area contributed by atoms with Crippen LogP contribution in [0.25, 0.3) is 0 Å². The van der Waals surface area contributed by atoms with Crippen molar-refractivity contribution >= 4 is 5.69 Å². The molecule has 1 aliphatic heterocycles. The highest BCUT2D eigenvalue weighted by Crippen LogP contribution is 2.21. The summed E-state index contributed by atoms with van der Waals surface area (Å²) < 4.78 is 5.45. The Morgan fingerprint density at radius 2 is 2.50 bits per heavy atom. The molecule has 0 aliphatic carbocycles. The SMILES string of the molecule is CCNC(Cc1cnccc1N)CC1CCOC1. The minimum absolute atomic E-state index is 0.466. The van der Waals surface area contributed by atoms with E-state index in [2.05, 4.69) is 17.2 Å². The molecule has 1 saturated heterocycles. The number of nitrogens with zero attached hydrogens (tertiary/aromatic N) is 1. The maximum atomic E-state index is 5.98. The monoisotopic (exact) mass is 249 g/mol. The Labute approximate surface area is 109 Å². The van der Waals surface area contributed by atoms with Gasteiger partial charge in [0.05, 0.1) is 0 Å². The van der Waals surface area contributed by atoms with Gasteiger partial charge in [0.2, 0.25) is 0 Å². The summed E-state index contributed by atoms with van der Waals surface area (Å²) in [7, 11) is 0. The summed E-state index contributed by atoms with van der Waals surface area (Å²) in [6.45, 7) is 4.95. The Morgan fingerprint density at radius 3 is 3.17 bits per heavy atom. The number of hydrogen-bond acceptors (Lipinski definition) is 4. The van der Waals surface area contributed by atoms with Crippen molar-refractivity contribution in [2.75, 3.05) is 25.5 Å². The first-order valence-corrected chi connectivity index (χ1v) is 6.79. The number of pyridine rings is 1. The number of aromatic nitrogens is 1. The van der Waals surface area contributed by atoms with E-state index in [0.29, 0.717) is 12.0 Å². The van der Waals surface area contributed by atoms with E-state index in [1.807, 2.05) is 12.3 Å². The fraction of sp³-hybridized carbons (Fsp3) is 0.643. The predicted molar refractivity (Wildman–Crippen MR) is 73.4 cm³/mol. The van der Waals surface area contributed by atoms with Crippen LogP contribution in [0.3, 0.4) is 0 Å². The zero-order valence-corrected chi connectivity index (χ0v) is 11.1. The third-order valence-corrected chi connectivity index (χ3v) is 3.54. The van der Waals surface area contributed by atoms with E-state index in [1.54, 1.807) is 6.20 Å². The molecule has 0 bridgehead atoms. The maximum Gasteiger partial charge on any atom is 0.0495 e. The highest BCUT2D eigenvalue weighted by molar-refractivity contribution is 5.44. The normalized spacial score (nSPS) is 21.1. The van der Waals surface area contributed by atoms with Crippen LogP contribution in [-0.2, 0) is 11.2 Å². The predicted octanol–water partition coefficient (Wildman–Crippen LogP) is 1.61. The summed E-state index contributed by atoms with van der Waals surface area (Å²) >= 11 is 0. The van der Waals surface area contributed by atoms with E-state index in [4.69, 9.17) is 10.5 Å². The molecule has 4 heteroatoms. The standard InChI is InChI=1S/C14H23N3O/c1-2-17-13(7-11-4-6-18-10-11)8-12-9-16-5-3-14(12)15/h3,5,9,11,13,17H,2,4,6-8,10H2,1H3,(H2,15,16). The number of anilines is 1. The molecule has 2 atom stereocenters. The molecule has 0 aromatic carbocycles. The van der Waals surface area contributed by atoms with Gasteiger partial charge in [-0.3, -0.25) is 4.98 Å². The van der Waals surface area contributed by atoms with Crippen molar-refractivity contribution in [3.8, 4) is 0 Å². The molecule has 1 aromatic rings. The fourth-order valence-corrected chi connectivity index (χ4v) is 2.57. The number of rotatable bonds is 6. The summed E-state index contributed by atoms with van der Waals surface area (Å²) in [5.41, 5.74) is 7.96. The van der Waals surface area contributed by atoms with Crippen LogP contribution in [0.1, 0.15) is 25.3 Å². The van der Waals surface area contributed by atoms with Crippen molar-refractivity contribution in [2.24, 2.45) is 5.92 Å². The molecule has 0 saturated carbocycles. The summed E-state index contributed by atoms with van der Waals surface area (Å²) in [6.07, 6.45) is 6.91. The van der Waals surface area contributed by atoms with E-state index < -0.39 is 0 Å². The lowest BCUT2D eigenvalue weighted by atomic mass is 9.94. The van der Waals surface area contributed by atoms with Crippen LogP contribution in [0, 0.1) is 5.92 Å². The Morgan fingerprint density at radius 1 is 1.61 bits per heavy atom. The summed E-state index contributed by atoms with van der Waals surface area (Å²) in [5.74, 6) is 0.687. The maximum absolute atomic E-state index is 5.98. The molecule has 2 heterocycles. The summed E-state index contributed by atoms with van der Waals surface area (Å²) in [5, 5.41) is 3.55. The van der Waals surface area contributed by atoms with E-state index in [1.165, 1.54) is 6.42 Å². The largest absolute Gasteiger partial charge is 0.398 e. The van der Waals surface area contributed by atoms with Gasteiger partial charge in [0.15, 0.2) is 0 Å². The van der Waals surface area contributed by atoms with Gasteiger partial charge in [0, 0.05) is 37.3 Å². The third kappa shape index (κ3) is 3.68. The number of likely N-dealkylation sites (N-methyl/N-ethyl adjacent to an activating group) is 1. The molecule has 1 aliphatic rings. The first-order valence-electron chi connectivity index (χ1n) is 6.79. The van der Waals surface area contributed by atoms with Crippen molar-refractivity contribution in [1.82, 2.24) is 10.3 Å². The van der Waals surface area contributed by atoms with Crippen LogP contribution in [0.15, 0.2) is 18.5 Å². The second-order valence-corrected chi connectivity index (χ2v) is 5.00. The van der Waals surface area contributed by atoms with Gasteiger partial charge in [0.1, 0.15) is 0 Å². The van der Waals surface area contributed by atoms with Crippen LogP contribution < -0.4 is 11.1 Å². The number of nitrogens with one attached hydrogen (secondary N) is 1. The van der Waals surface area contributed by atoms with Gasteiger partial charge < -0.3 is 15.8 Å². The van der Waals surface area contributed by atoms with E-state index >= 15 is 0 Å². The van der Waals surface area contributed by atoms with Crippen molar-refractivity contribution in [2.45, 2.75) is 32.2 Å². The molecule has 0 spiro atoms. The molecular weight excluding hydrogens is 226 g/mol. The molecular formula is C14H23N3O. The van der Waals surface area contributed by atoms with E-state index in [0.717, 1.165) is 43.9 Å². The minimum Gasteiger partial charge on any atom is -0.398 e. The smallest absolute Gasteiger partial charge is 0.0495 e. The molecule has 0 amide bonds. The Kier molecular flexibility index (Phi) is 4.96. The van der Waals surface area contributed by atoms with Crippen LogP contribution in [0.2, 0.25) is 0 Å². The van der Waals surface area contributed by atoms with Gasteiger partial charge in [-0.05, 0) is 43.4 Å². The van der Waals surface area contributed by atoms with Crippen LogP contribution >= 0.6 is 0 Å². The van der Waals surface area contributed by atoms with Crippen molar-refractivity contribution < 1.29 is 4.74 Å². The van der Waals surface area contributed by atoms with Gasteiger partial charge in [0.25, 0.3) is 0 Å². The molecule has 1 fully saturated rings. The number of nitrogen functional groups attached to an aromatic ring is 1. The lowest BCUT2D eigenvalue weighted by molar-refractivity contribution is 0.181. The Balaban J connectivity index is 1.94. The molecule has 1 aromatic heterocycles. The summed E-state index contributed by atoms with van der Waals surface area (Å²) in [4.78, 5) is 4.16. The number of ether oxygens (including phenoxy) is 1. The quantitative estimate of drug-likeness (QED) is 0.804. The van der Waals surface area contributed by atoms with Crippen molar-refractivity contribution in [3.63, 3.8) is 0 Å². The second-order valence-electron chi connectivity index (χ2n) is 5.00. The zero-order valence-electron chi connectivity index (χ0n) is 11.1. The van der Waals surface area contributed by atoms with Crippen LogP contribution in [-0.4, -0.2) is 30.8 Å². The van der Waals surface area contributed by atoms with Crippen molar-refractivity contribution in [1.29, 1.82) is 0 Å². The van der Waals surface area contributed by atoms with Gasteiger partial charge in [-0.2, -0.15) is 0 Å².